The number of carbonyl (C=O) groups excluding carboxylic acids is 1. The molecule has 0 saturated heterocycles. The summed E-state index contributed by atoms with van der Waals surface area (Å²) in [5, 5.41) is 3.26. The highest BCUT2D eigenvalue weighted by Gasteiger charge is 2.35. The second kappa shape index (κ2) is 7.51. The van der Waals surface area contributed by atoms with Gasteiger partial charge in [-0.1, -0.05) is 6.07 Å². The molecule has 1 aliphatic carbocycles. The van der Waals surface area contributed by atoms with E-state index >= 15 is 0 Å². The number of nitrogens with two attached hydrogens (primary N) is 2. The van der Waals surface area contributed by atoms with E-state index in [-0.39, 0.29) is 23.3 Å². The van der Waals surface area contributed by atoms with Crippen LogP contribution in [0.1, 0.15) is 41.6 Å². The molecule has 1 fully saturated rings. The van der Waals surface area contributed by atoms with Gasteiger partial charge in [0.25, 0.3) is 0 Å². The van der Waals surface area contributed by atoms with Crippen molar-refractivity contribution < 1.29 is 18.0 Å². The normalized spacial score (nSPS) is 20.3. The van der Waals surface area contributed by atoms with Crippen molar-refractivity contribution in [1.82, 2.24) is 9.97 Å². The number of amides is 1. The number of hydrogen-bond acceptors (Lipinski definition) is 5. The summed E-state index contributed by atoms with van der Waals surface area (Å²) in [5.74, 6) is -0.647. The van der Waals surface area contributed by atoms with Crippen LogP contribution in [-0.2, 0) is 6.18 Å². The van der Waals surface area contributed by atoms with Gasteiger partial charge >= 0.3 is 6.18 Å². The lowest BCUT2D eigenvalue weighted by Gasteiger charge is -2.27. The number of nitrogens with one attached hydrogen (secondary N) is 1. The molecule has 2 aromatic rings. The van der Waals surface area contributed by atoms with E-state index < -0.39 is 23.2 Å². The van der Waals surface area contributed by atoms with Crippen molar-refractivity contribution in [2.24, 2.45) is 11.5 Å². The zero-order valence-electron chi connectivity index (χ0n) is 14.5. The quantitative estimate of drug-likeness (QED) is 0.757. The van der Waals surface area contributed by atoms with Crippen LogP contribution in [0.3, 0.4) is 0 Å². The number of carbonyl (C=O) groups is 1. The maximum absolute atomic E-state index is 13.3. The van der Waals surface area contributed by atoms with E-state index in [0.29, 0.717) is 5.82 Å². The zero-order chi connectivity index (χ0) is 19.6. The van der Waals surface area contributed by atoms with Crippen LogP contribution in [0, 0.1) is 0 Å². The molecule has 0 bridgehead atoms. The Morgan fingerprint density at radius 2 is 1.85 bits per heavy atom. The minimum Gasteiger partial charge on any atom is -0.366 e. The Hall–Kier alpha value is -2.68. The van der Waals surface area contributed by atoms with E-state index in [1.807, 2.05) is 0 Å². The summed E-state index contributed by atoms with van der Waals surface area (Å²) in [6.07, 6.45) is 1.83. The van der Waals surface area contributed by atoms with Gasteiger partial charge in [-0.25, -0.2) is 4.98 Å². The molecule has 6 nitrogen and oxygen atoms in total. The second-order valence-corrected chi connectivity index (χ2v) is 6.67. The molecule has 1 aliphatic rings. The highest BCUT2D eigenvalue weighted by molar-refractivity contribution is 5.95. The number of benzene rings is 1. The summed E-state index contributed by atoms with van der Waals surface area (Å²) in [5.41, 5.74) is 9.75. The molecular weight excluding hydrogens is 359 g/mol. The van der Waals surface area contributed by atoms with Crippen LogP contribution < -0.4 is 16.8 Å². The third-order valence-corrected chi connectivity index (χ3v) is 4.64. The van der Waals surface area contributed by atoms with Gasteiger partial charge in [-0.15, -0.1) is 0 Å². The maximum Gasteiger partial charge on any atom is 0.417 e. The van der Waals surface area contributed by atoms with Crippen molar-refractivity contribution in [3.8, 4) is 11.3 Å². The summed E-state index contributed by atoms with van der Waals surface area (Å²) < 4.78 is 39.8. The van der Waals surface area contributed by atoms with Crippen molar-refractivity contribution in [2.75, 3.05) is 5.32 Å². The van der Waals surface area contributed by atoms with E-state index in [4.69, 9.17) is 11.5 Å². The van der Waals surface area contributed by atoms with E-state index in [2.05, 4.69) is 15.3 Å². The SMILES string of the molecule is NC(=O)c1ccc(-c2cncc(NC3CCC(N)CC3)n2)cc1C(F)(F)F. The van der Waals surface area contributed by atoms with Gasteiger partial charge in [0, 0.05) is 17.6 Å². The third kappa shape index (κ3) is 4.54. The number of nitrogens with zero attached hydrogens (tertiary/aromatic N) is 2. The minimum atomic E-state index is -4.70. The van der Waals surface area contributed by atoms with Gasteiger partial charge in [0.05, 0.1) is 29.2 Å². The van der Waals surface area contributed by atoms with Crippen LogP contribution in [0.5, 0.6) is 0 Å². The fourth-order valence-electron chi connectivity index (χ4n) is 3.20. The largest absolute Gasteiger partial charge is 0.417 e. The standard InChI is InChI=1S/C18H20F3N5O/c19-18(20,21)14-7-10(1-6-13(14)17(23)27)15-8-24-9-16(26-15)25-12-4-2-11(22)3-5-12/h1,6-9,11-12H,2-5,22H2,(H2,23,27)(H,25,26). The van der Waals surface area contributed by atoms with Crippen molar-refractivity contribution in [2.45, 2.75) is 43.9 Å². The van der Waals surface area contributed by atoms with Crippen LogP contribution in [0.4, 0.5) is 19.0 Å². The molecule has 0 aliphatic heterocycles. The molecule has 3 rings (SSSR count). The molecule has 1 amide bonds. The highest BCUT2D eigenvalue weighted by Crippen LogP contribution is 2.34. The summed E-state index contributed by atoms with van der Waals surface area (Å²) in [7, 11) is 0. The minimum absolute atomic E-state index is 0.203. The average Bonchev–Trinajstić information content (AvgIpc) is 2.62. The van der Waals surface area contributed by atoms with Gasteiger partial charge < -0.3 is 16.8 Å². The number of rotatable bonds is 4. The van der Waals surface area contributed by atoms with Gasteiger partial charge in [-0.2, -0.15) is 13.2 Å². The number of anilines is 1. The molecule has 0 radical (unpaired) electrons. The first kappa shape index (κ1) is 19.1. The third-order valence-electron chi connectivity index (χ3n) is 4.64. The Kier molecular flexibility index (Phi) is 5.31. The molecule has 5 N–H and O–H groups in total. The molecule has 27 heavy (non-hydrogen) atoms. The van der Waals surface area contributed by atoms with E-state index in [1.54, 1.807) is 0 Å². The topological polar surface area (TPSA) is 107 Å². The number of hydrogen-bond donors (Lipinski definition) is 3. The lowest BCUT2D eigenvalue weighted by atomic mass is 9.92. The van der Waals surface area contributed by atoms with Gasteiger partial charge in [0.2, 0.25) is 5.91 Å². The van der Waals surface area contributed by atoms with Crippen LogP contribution in [-0.4, -0.2) is 28.0 Å². The molecule has 1 saturated carbocycles. The number of aromatic nitrogens is 2. The highest BCUT2D eigenvalue weighted by atomic mass is 19.4. The first-order valence-corrected chi connectivity index (χ1v) is 8.59. The van der Waals surface area contributed by atoms with E-state index in [0.717, 1.165) is 37.8 Å². The smallest absolute Gasteiger partial charge is 0.366 e. The first-order chi connectivity index (χ1) is 12.7. The van der Waals surface area contributed by atoms with Crippen molar-refractivity contribution >= 4 is 11.7 Å². The second-order valence-electron chi connectivity index (χ2n) is 6.67. The lowest BCUT2D eigenvalue weighted by Crippen LogP contribution is -2.33. The molecule has 1 aromatic carbocycles. The average molecular weight is 379 g/mol. The Morgan fingerprint density at radius 1 is 1.15 bits per heavy atom. The van der Waals surface area contributed by atoms with Crippen molar-refractivity contribution in [3.63, 3.8) is 0 Å². The fourth-order valence-corrected chi connectivity index (χ4v) is 3.20. The molecule has 9 heteroatoms. The number of alkyl halides is 3. The summed E-state index contributed by atoms with van der Waals surface area (Å²) in [4.78, 5) is 19.7. The van der Waals surface area contributed by atoms with Crippen molar-refractivity contribution in [3.05, 3.63) is 41.7 Å². The van der Waals surface area contributed by atoms with Gasteiger partial charge in [0.1, 0.15) is 5.82 Å². The van der Waals surface area contributed by atoms with Crippen molar-refractivity contribution in [1.29, 1.82) is 0 Å². The Morgan fingerprint density at radius 3 is 2.48 bits per heavy atom. The molecule has 0 atom stereocenters. The maximum atomic E-state index is 13.3. The molecule has 0 spiro atoms. The van der Waals surface area contributed by atoms with Gasteiger partial charge in [-0.05, 0) is 37.8 Å². The van der Waals surface area contributed by atoms with Gasteiger partial charge in [-0.3, -0.25) is 9.78 Å². The first-order valence-electron chi connectivity index (χ1n) is 8.59. The molecule has 1 aromatic heterocycles. The van der Waals surface area contributed by atoms with Crippen LogP contribution in [0.2, 0.25) is 0 Å². The predicted octanol–water partition coefficient (Wildman–Crippen LogP) is 2.94. The van der Waals surface area contributed by atoms with Crippen LogP contribution in [0.15, 0.2) is 30.6 Å². The summed E-state index contributed by atoms with van der Waals surface area (Å²) >= 11 is 0. The Bertz CT molecular complexity index is 832. The lowest BCUT2D eigenvalue weighted by molar-refractivity contribution is -0.137. The zero-order valence-corrected chi connectivity index (χ0v) is 14.5. The van der Waals surface area contributed by atoms with E-state index in [1.165, 1.54) is 18.5 Å². The fraction of sp³-hybridized carbons (Fsp3) is 0.389. The number of halogens is 3. The molecular formula is C18H20F3N5O. The predicted molar refractivity (Wildman–Crippen MR) is 94.8 cm³/mol. The van der Waals surface area contributed by atoms with Gasteiger partial charge in [0.15, 0.2) is 0 Å². The van der Waals surface area contributed by atoms with Crippen LogP contribution >= 0.6 is 0 Å². The van der Waals surface area contributed by atoms with E-state index in [9.17, 15) is 18.0 Å². The Balaban J connectivity index is 1.87. The molecule has 1 heterocycles. The van der Waals surface area contributed by atoms with Crippen LogP contribution in [0.25, 0.3) is 11.3 Å². The summed E-state index contributed by atoms with van der Waals surface area (Å²) in [6, 6.07) is 3.73. The summed E-state index contributed by atoms with van der Waals surface area (Å²) in [6.45, 7) is 0. The molecule has 0 unspecified atom stereocenters. The number of primary amides is 1. The monoisotopic (exact) mass is 379 g/mol. The Labute approximate surface area is 154 Å². The molecule has 144 valence electrons.